The third-order valence-electron chi connectivity index (χ3n) is 3.87. The molecular weight excluding hydrogens is 329 g/mol. The van der Waals surface area contributed by atoms with Gasteiger partial charge in [0, 0.05) is 11.3 Å². The summed E-state index contributed by atoms with van der Waals surface area (Å²) in [6.07, 6.45) is 0. The van der Waals surface area contributed by atoms with Gasteiger partial charge >= 0.3 is 35.2 Å². The van der Waals surface area contributed by atoms with E-state index in [0.717, 1.165) is 10.8 Å². The fourth-order valence-electron chi connectivity index (χ4n) is 2.71. The summed E-state index contributed by atoms with van der Waals surface area (Å²) in [5.74, 6) is -0.815. The van der Waals surface area contributed by atoms with Crippen LogP contribution < -0.4 is 45.7 Å². The Balaban J connectivity index is 0.00000182. The molecule has 0 aliphatic carbocycles. The van der Waals surface area contributed by atoms with Gasteiger partial charge in [-0.2, -0.15) is 0 Å². The smallest absolute Gasteiger partial charge is 0.872 e. The van der Waals surface area contributed by atoms with Gasteiger partial charge in [0.2, 0.25) is 0 Å². The van der Waals surface area contributed by atoms with E-state index in [1.165, 1.54) is 6.07 Å². The van der Waals surface area contributed by atoms with Crippen LogP contribution >= 0.6 is 0 Å². The van der Waals surface area contributed by atoms with Crippen molar-refractivity contribution in [3.63, 3.8) is 0 Å². The summed E-state index contributed by atoms with van der Waals surface area (Å²) in [4.78, 5) is 29.0. The summed E-state index contributed by atoms with van der Waals surface area (Å²) in [6.45, 7) is 0. The van der Waals surface area contributed by atoms with Gasteiger partial charge in [-0.05, 0) is 35.0 Å². The molecule has 1 aromatic heterocycles. The van der Waals surface area contributed by atoms with E-state index in [1.807, 2.05) is 24.3 Å². The van der Waals surface area contributed by atoms with Crippen molar-refractivity contribution in [3.8, 4) is 5.75 Å². The monoisotopic (exact) mass is 341 g/mol. The fourth-order valence-corrected chi connectivity index (χ4v) is 2.71. The topological polar surface area (TPSA) is 101 Å². The van der Waals surface area contributed by atoms with Gasteiger partial charge in [-0.15, -0.1) is 0 Å². The largest absolute Gasteiger partial charge is 1.00 e. The van der Waals surface area contributed by atoms with Crippen molar-refractivity contribution in [1.29, 1.82) is 0 Å². The second kappa shape index (κ2) is 6.76. The number of aromatic nitrogens is 2. The number of fused-ring (bicyclic) bond motifs is 2. The summed E-state index contributed by atoms with van der Waals surface area (Å²) >= 11 is 0. The number of H-pyrrole nitrogens is 2. The molecule has 3 aromatic carbocycles. The van der Waals surface area contributed by atoms with E-state index < -0.39 is 5.91 Å². The third kappa shape index (κ3) is 3.32. The fraction of sp³-hybridized carbons (Fsp3) is 0. The first kappa shape index (κ1) is 17.3. The summed E-state index contributed by atoms with van der Waals surface area (Å²) in [7, 11) is 0. The maximum atomic E-state index is 12.4. The number of rotatable bonds is 2. The Morgan fingerprint density at radius 2 is 1.60 bits per heavy atom. The Bertz CT molecular complexity index is 1150. The van der Waals surface area contributed by atoms with Crippen LogP contribution in [0.2, 0.25) is 0 Å². The molecule has 0 saturated heterocycles. The Hall–Kier alpha value is -2.54. The van der Waals surface area contributed by atoms with Gasteiger partial charge in [0.05, 0.1) is 11.0 Å². The first-order valence-corrected chi connectivity index (χ1v) is 7.33. The Morgan fingerprint density at radius 1 is 0.920 bits per heavy atom. The second-order valence-corrected chi connectivity index (χ2v) is 5.49. The molecule has 118 valence electrons. The minimum Gasteiger partial charge on any atom is -0.872 e. The zero-order chi connectivity index (χ0) is 16.7. The molecule has 0 radical (unpaired) electrons. The summed E-state index contributed by atoms with van der Waals surface area (Å²) in [5.41, 5.74) is 1.49. The van der Waals surface area contributed by atoms with Crippen LogP contribution in [0.4, 0.5) is 5.69 Å². The minimum atomic E-state index is -0.483. The number of aromatic amines is 2. The first-order chi connectivity index (χ1) is 11.6. The average Bonchev–Trinajstić information content (AvgIpc) is 2.93. The summed E-state index contributed by atoms with van der Waals surface area (Å²) < 4.78 is 0. The van der Waals surface area contributed by atoms with E-state index in [1.54, 1.807) is 24.3 Å². The van der Waals surface area contributed by atoms with E-state index >= 15 is 0 Å². The zero-order valence-corrected chi connectivity index (χ0v) is 15.4. The van der Waals surface area contributed by atoms with E-state index in [0.29, 0.717) is 16.7 Å². The van der Waals surface area contributed by atoms with E-state index in [9.17, 15) is 14.7 Å². The number of anilines is 1. The van der Waals surface area contributed by atoms with Crippen molar-refractivity contribution in [3.05, 3.63) is 70.6 Å². The van der Waals surface area contributed by atoms with Crippen molar-refractivity contribution in [2.24, 2.45) is 0 Å². The number of benzene rings is 3. The molecule has 7 heteroatoms. The van der Waals surface area contributed by atoms with Crippen molar-refractivity contribution < 1.29 is 39.5 Å². The van der Waals surface area contributed by atoms with Crippen LogP contribution in [0.5, 0.6) is 5.75 Å². The van der Waals surface area contributed by atoms with Crippen LogP contribution in [0.25, 0.3) is 21.8 Å². The van der Waals surface area contributed by atoms with Crippen LogP contribution in [0.1, 0.15) is 10.4 Å². The SMILES string of the molecule is O=C(Nc1ccc2[nH]c(=O)[nH]c2c1)c1cc2ccccc2cc1[O-].[Na+]. The Labute approximate surface area is 164 Å². The van der Waals surface area contributed by atoms with Crippen LogP contribution in [-0.4, -0.2) is 15.9 Å². The zero-order valence-electron chi connectivity index (χ0n) is 13.4. The number of carbonyl (C=O) groups excluding carboxylic acids is 1. The van der Waals surface area contributed by atoms with Gasteiger partial charge in [-0.25, -0.2) is 4.79 Å². The van der Waals surface area contributed by atoms with Gasteiger partial charge in [-0.1, -0.05) is 36.1 Å². The van der Waals surface area contributed by atoms with Gasteiger partial charge in [0.1, 0.15) is 0 Å². The van der Waals surface area contributed by atoms with Crippen molar-refractivity contribution in [2.75, 3.05) is 5.32 Å². The molecule has 3 N–H and O–H groups in total. The summed E-state index contributed by atoms with van der Waals surface area (Å²) in [5, 5.41) is 16.5. The molecule has 4 aromatic rings. The number of hydrogen-bond donors (Lipinski definition) is 3. The molecule has 1 amide bonds. The number of amides is 1. The van der Waals surface area contributed by atoms with Crippen molar-refractivity contribution in [2.45, 2.75) is 0 Å². The van der Waals surface area contributed by atoms with Crippen LogP contribution in [-0.2, 0) is 0 Å². The molecule has 0 saturated carbocycles. The van der Waals surface area contributed by atoms with Crippen molar-refractivity contribution in [1.82, 2.24) is 9.97 Å². The van der Waals surface area contributed by atoms with Gasteiger partial charge in [0.15, 0.2) is 0 Å². The van der Waals surface area contributed by atoms with Gasteiger partial charge in [0.25, 0.3) is 5.91 Å². The molecule has 25 heavy (non-hydrogen) atoms. The predicted molar refractivity (Wildman–Crippen MR) is 90.3 cm³/mol. The van der Waals surface area contributed by atoms with E-state index in [2.05, 4.69) is 15.3 Å². The van der Waals surface area contributed by atoms with Crippen molar-refractivity contribution >= 4 is 33.4 Å². The van der Waals surface area contributed by atoms with Crippen LogP contribution in [0, 0.1) is 0 Å². The maximum Gasteiger partial charge on any atom is 1.00 e. The second-order valence-electron chi connectivity index (χ2n) is 5.49. The molecule has 4 rings (SSSR count). The van der Waals surface area contributed by atoms with E-state index in [-0.39, 0.29) is 46.6 Å². The Morgan fingerprint density at radius 3 is 2.36 bits per heavy atom. The number of hydrogen-bond acceptors (Lipinski definition) is 3. The number of carbonyl (C=O) groups is 1. The quantitative estimate of drug-likeness (QED) is 0.422. The first-order valence-electron chi connectivity index (χ1n) is 7.33. The molecule has 0 aliphatic rings. The Kier molecular flexibility index (Phi) is 4.67. The predicted octanol–water partition coefficient (Wildman–Crippen LogP) is -0.661. The molecule has 1 heterocycles. The van der Waals surface area contributed by atoms with Crippen LogP contribution in [0.3, 0.4) is 0 Å². The molecule has 0 fully saturated rings. The number of imidazole rings is 1. The third-order valence-corrected chi connectivity index (χ3v) is 3.87. The molecule has 0 unspecified atom stereocenters. The van der Waals surface area contributed by atoms with Gasteiger partial charge in [-0.3, -0.25) is 4.79 Å². The molecule has 0 bridgehead atoms. The molecular formula is C18H12N3NaO3. The molecule has 6 nitrogen and oxygen atoms in total. The standard InChI is InChI=1S/C18H13N3O3.Na/c22-16-8-11-4-2-1-3-10(11)7-13(16)17(23)19-12-5-6-14-15(9-12)21-18(24)20-14;/h1-9,22H,(H,19,23)(H2,20,21,24);/q;+1/p-1. The summed E-state index contributed by atoms with van der Waals surface area (Å²) in [6, 6.07) is 15.4. The molecule has 0 spiro atoms. The normalized spacial score (nSPS) is 10.6. The number of nitrogens with one attached hydrogen (secondary N) is 3. The average molecular weight is 341 g/mol. The molecule has 0 aliphatic heterocycles. The maximum absolute atomic E-state index is 12.4. The minimum absolute atomic E-state index is 0. The van der Waals surface area contributed by atoms with E-state index in [4.69, 9.17) is 0 Å². The molecule has 0 atom stereocenters. The van der Waals surface area contributed by atoms with Crippen LogP contribution in [0.15, 0.2) is 59.4 Å². The van der Waals surface area contributed by atoms with Gasteiger partial charge < -0.3 is 20.4 Å².